The molecular weight excluding hydrogens is 312 g/mol. The van der Waals surface area contributed by atoms with Crippen LogP contribution < -0.4 is 0 Å². The van der Waals surface area contributed by atoms with Gasteiger partial charge in [0, 0.05) is 8.07 Å². The number of hydrogen-bond acceptors (Lipinski definition) is 0. The molecule has 0 N–H and O–H groups in total. The van der Waals surface area contributed by atoms with E-state index in [9.17, 15) is 0 Å². The summed E-state index contributed by atoms with van der Waals surface area (Å²) in [5, 5.41) is 0. The third-order valence-electron chi connectivity index (χ3n) is 5.68. The molecule has 3 atom stereocenters. The predicted octanol–water partition coefficient (Wildman–Crippen LogP) is 6.90. The van der Waals surface area contributed by atoms with Gasteiger partial charge in [-0.15, -0.1) is 0 Å². The van der Waals surface area contributed by atoms with Gasteiger partial charge in [0.1, 0.15) is 0 Å². The van der Waals surface area contributed by atoms with E-state index in [1.54, 1.807) is 11.8 Å². The molecular formula is C19H38FeSi. The first-order valence-electron chi connectivity index (χ1n) is 8.90. The van der Waals surface area contributed by atoms with Gasteiger partial charge < -0.3 is 11.8 Å². The molecule has 0 aromatic heterocycles. The second-order valence-corrected chi connectivity index (χ2v) is 14.0. The molecule has 2 heteroatoms. The SMILES string of the molecule is CCC1C[C-](C)CC1CC.C[C-]1CCC([Si](C)(C)C)C1.[Fe+2]. The van der Waals surface area contributed by atoms with E-state index in [1.165, 1.54) is 44.9 Å². The van der Waals surface area contributed by atoms with Crippen molar-refractivity contribution < 1.29 is 17.1 Å². The van der Waals surface area contributed by atoms with E-state index in [2.05, 4.69) is 47.3 Å². The van der Waals surface area contributed by atoms with Crippen LogP contribution >= 0.6 is 0 Å². The number of rotatable bonds is 3. The topological polar surface area (TPSA) is 0 Å². The van der Waals surface area contributed by atoms with Crippen molar-refractivity contribution in [3.63, 3.8) is 0 Å². The van der Waals surface area contributed by atoms with Crippen LogP contribution in [-0.2, 0) is 17.1 Å². The van der Waals surface area contributed by atoms with Crippen LogP contribution in [0.1, 0.15) is 72.6 Å². The zero-order valence-electron chi connectivity index (χ0n) is 15.5. The molecule has 126 valence electrons. The Morgan fingerprint density at radius 1 is 0.857 bits per heavy atom. The second-order valence-electron chi connectivity index (χ2n) is 8.46. The summed E-state index contributed by atoms with van der Waals surface area (Å²) in [6.07, 6.45) is 9.93. The molecule has 0 aliphatic heterocycles. The summed E-state index contributed by atoms with van der Waals surface area (Å²) in [7, 11) is -0.787. The monoisotopic (exact) mass is 350 g/mol. The predicted molar refractivity (Wildman–Crippen MR) is 95.6 cm³/mol. The van der Waals surface area contributed by atoms with Gasteiger partial charge in [0.2, 0.25) is 0 Å². The first-order valence-corrected chi connectivity index (χ1v) is 12.5. The minimum absolute atomic E-state index is 0. The van der Waals surface area contributed by atoms with Crippen molar-refractivity contribution in [2.75, 3.05) is 0 Å². The van der Waals surface area contributed by atoms with E-state index in [-0.39, 0.29) is 17.1 Å². The van der Waals surface area contributed by atoms with E-state index in [0.717, 1.165) is 17.4 Å². The Kier molecular flexibility index (Phi) is 10.1. The van der Waals surface area contributed by atoms with Gasteiger partial charge in [0.15, 0.2) is 0 Å². The molecule has 2 aliphatic carbocycles. The Morgan fingerprint density at radius 2 is 1.33 bits per heavy atom. The van der Waals surface area contributed by atoms with Crippen LogP contribution in [0.4, 0.5) is 0 Å². The molecule has 2 rings (SSSR count). The summed E-state index contributed by atoms with van der Waals surface area (Å²) in [4.78, 5) is 0. The molecule has 0 amide bonds. The van der Waals surface area contributed by atoms with Gasteiger partial charge in [0.25, 0.3) is 0 Å². The van der Waals surface area contributed by atoms with Crippen molar-refractivity contribution in [2.45, 2.75) is 97.8 Å². The smallest absolute Gasteiger partial charge is 0.317 e. The van der Waals surface area contributed by atoms with Crippen LogP contribution in [0, 0.1) is 23.7 Å². The quantitative estimate of drug-likeness (QED) is 0.384. The molecule has 3 unspecified atom stereocenters. The van der Waals surface area contributed by atoms with Gasteiger partial charge in [-0.25, -0.2) is 0 Å². The van der Waals surface area contributed by atoms with Crippen molar-refractivity contribution >= 4 is 8.07 Å². The third kappa shape index (κ3) is 7.23. The summed E-state index contributed by atoms with van der Waals surface area (Å²) in [5.41, 5.74) is 1.09. The molecule has 0 aromatic rings. The normalized spacial score (nSPS) is 30.7. The van der Waals surface area contributed by atoms with Crippen LogP contribution in [0.5, 0.6) is 0 Å². The van der Waals surface area contributed by atoms with Crippen molar-refractivity contribution in [1.29, 1.82) is 0 Å². The van der Waals surface area contributed by atoms with Crippen molar-refractivity contribution in [3.05, 3.63) is 11.8 Å². The zero-order valence-corrected chi connectivity index (χ0v) is 17.6. The molecule has 0 saturated heterocycles. The van der Waals surface area contributed by atoms with Gasteiger partial charge in [-0.2, -0.15) is 39.5 Å². The zero-order chi connectivity index (χ0) is 15.3. The fraction of sp³-hybridized carbons (Fsp3) is 0.895. The average Bonchev–Trinajstić information content (AvgIpc) is 2.95. The Bertz CT molecular complexity index is 259. The van der Waals surface area contributed by atoms with E-state index in [1.807, 2.05) is 0 Å². The molecule has 0 aromatic carbocycles. The molecule has 0 spiro atoms. The van der Waals surface area contributed by atoms with Gasteiger partial charge in [-0.05, 0) is 0 Å². The van der Waals surface area contributed by atoms with Crippen LogP contribution in [0.25, 0.3) is 0 Å². The van der Waals surface area contributed by atoms with Crippen LogP contribution in [0.15, 0.2) is 0 Å². The Hall–Kier alpha value is 0.736. The minimum atomic E-state index is -0.787. The molecule has 0 heterocycles. The summed E-state index contributed by atoms with van der Waals surface area (Å²) in [5.74, 6) is 5.51. The first-order chi connectivity index (χ1) is 9.27. The molecule has 2 fully saturated rings. The van der Waals surface area contributed by atoms with Crippen molar-refractivity contribution in [2.24, 2.45) is 11.8 Å². The third-order valence-corrected chi connectivity index (χ3v) is 8.62. The van der Waals surface area contributed by atoms with Gasteiger partial charge in [-0.1, -0.05) is 70.1 Å². The van der Waals surface area contributed by atoms with Crippen LogP contribution in [0.2, 0.25) is 25.2 Å². The summed E-state index contributed by atoms with van der Waals surface area (Å²) < 4.78 is 0. The van der Waals surface area contributed by atoms with Crippen molar-refractivity contribution in [3.8, 4) is 0 Å². The Balaban J connectivity index is 0.000000364. The standard InChI is InChI=1S/C10H19.C9H19Si.Fe/c1-4-9-6-8(3)7-10(9)5-2;1-8-5-6-9(7-8)10(2,3)4;/h9-10H,4-7H2,1-3H3;9H,5-7H2,1-4H3;/q2*-1;+2. The van der Waals surface area contributed by atoms with Crippen molar-refractivity contribution in [1.82, 2.24) is 0 Å². The largest absolute Gasteiger partial charge is 2.00 e. The summed E-state index contributed by atoms with van der Waals surface area (Å²) >= 11 is 0. The average molecular weight is 350 g/mol. The summed E-state index contributed by atoms with van der Waals surface area (Å²) in [6, 6.07) is 0. The fourth-order valence-electron chi connectivity index (χ4n) is 4.05. The molecule has 2 aliphatic rings. The number of hydrogen-bond donors (Lipinski definition) is 0. The van der Waals surface area contributed by atoms with Gasteiger partial charge in [-0.3, -0.25) is 0 Å². The molecule has 0 radical (unpaired) electrons. The summed E-state index contributed by atoms with van der Waals surface area (Å²) in [6.45, 7) is 16.8. The van der Waals surface area contributed by atoms with E-state index in [4.69, 9.17) is 0 Å². The molecule has 21 heavy (non-hydrogen) atoms. The fourth-order valence-corrected chi connectivity index (χ4v) is 6.02. The Morgan fingerprint density at radius 3 is 1.57 bits per heavy atom. The second kappa shape index (κ2) is 9.78. The maximum Gasteiger partial charge on any atom is 2.00 e. The van der Waals surface area contributed by atoms with E-state index in [0.29, 0.717) is 0 Å². The molecule has 0 nitrogen and oxygen atoms in total. The maximum atomic E-state index is 2.50. The van der Waals surface area contributed by atoms with Crippen LogP contribution in [0.3, 0.4) is 0 Å². The first kappa shape index (κ1) is 21.7. The van der Waals surface area contributed by atoms with Crippen LogP contribution in [-0.4, -0.2) is 8.07 Å². The van der Waals surface area contributed by atoms with E-state index >= 15 is 0 Å². The van der Waals surface area contributed by atoms with Gasteiger partial charge >= 0.3 is 17.1 Å². The minimum Gasteiger partial charge on any atom is -0.317 e. The maximum absolute atomic E-state index is 2.50. The van der Waals surface area contributed by atoms with Gasteiger partial charge in [0.05, 0.1) is 0 Å². The molecule has 2 saturated carbocycles. The Labute approximate surface area is 146 Å². The van der Waals surface area contributed by atoms with E-state index < -0.39 is 8.07 Å². The molecule has 0 bridgehead atoms.